The predicted molar refractivity (Wildman–Crippen MR) is 81.2 cm³/mol. The molecule has 0 aliphatic carbocycles. The fraction of sp³-hybridized carbons (Fsp3) is 0.562. The van der Waals surface area contributed by atoms with Crippen molar-refractivity contribution in [2.75, 3.05) is 18.5 Å². The highest BCUT2D eigenvalue weighted by Gasteiger charge is 2.27. The summed E-state index contributed by atoms with van der Waals surface area (Å²) in [6.07, 6.45) is 0.804. The molecule has 0 radical (unpaired) electrons. The topological polar surface area (TPSA) is 46.3 Å². The van der Waals surface area contributed by atoms with Gasteiger partial charge in [0.25, 0.3) is 0 Å². The van der Waals surface area contributed by atoms with E-state index in [4.69, 9.17) is 5.73 Å². The maximum absolute atomic E-state index is 12.6. The third kappa shape index (κ3) is 4.35. The number of carbonyl (C=O) groups is 1. The van der Waals surface area contributed by atoms with Crippen LogP contribution in [0.1, 0.15) is 32.8 Å². The Morgan fingerprint density at radius 2 is 1.89 bits per heavy atom. The number of rotatable bonds is 4. The summed E-state index contributed by atoms with van der Waals surface area (Å²) < 4.78 is 0. The minimum atomic E-state index is -0.121. The zero-order valence-electron chi connectivity index (χ0n) is 12.7. The summed E-state index contributed by atoms with van der Waals surface area (Å²) in [6, 6.07) is 7.91. The van der Waals surface area contributed by atoms with E-state index in [0.717, 1.165) is 17.7 Å². The number of benzene rings is 1. The summed E-state index contributed by atoms with van der Waals surface area (Å²) in [4.78, 5) is 14.3. The molecule has 0 aliphatic heterocycles. The number of para-hydroxylation sites is 1. The van der Waals surface area contributed by atoms with Gasteiger partial charge in [-0.2, -0.15) is 0 Å². The molecule has 1 aromatic rings. The van der Waals surface area contributed by atoms with Crippen molar-refractivity contribution in [3.63, 3.8) is 0 Å². The van der Waals surface area contributed by atoms with Gasteiger partial charge in [0.05, 0.1) is 5.92 Å². The summed E-state index contributed by atoms with van der Waals surface area (Å²) >= 11 is 0. The molecule has 1 amide bonds. The molecule has 0 bridgehead atoms. The lowest BCUT2D eigenvalue weighted by Gasteiger charge is -2.28. The first-order chi connectivity index (χ1) is 8.76. The maximum Gasteiger partial charge on any atom is 0.231 e. The van der Waals surface area contributed by atoms with Crippen LogP contribution in [0.3, 0.4) is 0 Å². The van der Waals surface area contributed by atoms with Gasteiger partial charge in [-0.15, -0.1) is 0 Å². The van der Waals surface area contributed by atoms with E-state index in [2.05, 4.69) is 20.8 Å². The average molecular weight is 262 g/mol. The molecular formula is C16H26N2O. The van der Waals surface area contributed by atoms with Gasteiger partial charge in [-0.25, -0.2) is 0 Å². The van der Waals surface area contributed by atoms with Gasteiger partial charge in [-0.05, 0) is 30.4 Å². The van der Waals surface area contributed by atoms with Gasteiger partial charge in [-0.1, -0.05) is 39.0 Å². The SMILES string of the molecule is Cc1ccccc1N(C)C(=O)C(CN)CC(C)(C)C. The Morgan fingerprint density at radius 1 is 1.32 bits per heavy atom. The standard InChI is InChI=1S/C16H26N2O/c1-12-8-6-7-9-14(12)18(5)15(19)13(11-17)10-16(2,3)4/h6-9,13H,10-11,17H2,1-5H3. The highest BCUT2D eigenvalue weighted by molar-refractivity contribution is 5.95. The Hall–Kier alpha value is -1.35. The number of nitrogens with zero attached hydrogens (tertiary/aromatic N) is 1. The number of amides is 1. The maximum atomic E-state index is 12.6. The lowest BCUT2D eigenvalue weighted by atomic mass is 9.84. The van der Waals surface area contributed by atoms with Crippen molar-refractivity contribution in [2.24, 2.45) is 17.1 Å². The van der Waals surface area contributed by atoms with Crippen molar-refractivity contribution in [1.82, 2.24) is 0 Å². The Kier molecular flexibility index (Phi) is 5.12. The molecule has 19 heavy (non-hydrogen) atoms. The smallest absolute Gasteiger partial charge is 0.231 e. The van der Waals surface area contributed by atoms with E-state index in [-0.39, 0.29) is 17.2 Å². The summed E-state index contributed by atoms with van der Waals surface area (Å²) in [5, 5.41) is 0. The van der Waals surface area contributed by atoms with Crippen molar-refractivity contribution >= 4 is 11.6 Å². The van der Waals surface area contributed by atoms with Gasteiger partial charge < -0.3 is 10.6 Å². The average Bonchev–Trinajstić information content (AvgIpc) is 2.34. The monoisotopic (exact) mass is 262 g/mol. The fourth-order valence-electron chi connectivity index (χ4n) is 2.34. The van der Waals surface area contributed by atoms with Gasteiger partial charge in [-0.3, -0.25) is 4.79 Å². The van der Waals surface area contributed by atoms with Crippen LogP contribution in [0.25, 0.3) is 0 Å². The molecule has 0 aliphatic rings. The molecule has 1 unspecified atom stereocenters. The summed E-state index contributed by atoms with van der Waals surface area (Å²) in [5.41, 5.74) is 7.95. The van der Waals surface area contributed by atoms with E-state index in [1.807, 2.05) is 38.2 Å². The van der Waals surface area contributed by atoms with E-state index < -0.39 is 0 Å². The van der Waals surface area contributed by atoms with Crippen LogP contribution in [0.4, 0.5) is 5.69 Å². The summed E-state index contributed by atoms with van der Waals surface area (Å²) in [5.74, 6) is -0.0173. The van der Waals surface area contributed by atoms with E-state index in [0.29, 0.717) is 6.54 Å². The lowest BCUT2D eigenvalue weighted by molar-refractivity contribution is -0.122. The van der Waals surface area contributed by atoms with E-state index in [1.165, 1.54) is 0 Å². The van der Waals surface area contributed by atoms with Gasteiger partial charge in [0.2, 0.25) is 5.91 Å². The third-order valence-electron chi connectivity index (χ3n) is 3.30. The minimum Gasteiger partial charge on any atom is -0.330 e. The molecule has 1 aromatic carbocycles. The first-order valence-corrected chi connectivity index (χ1v) is 6.79. The second kappa shape index (κ2) is 6.20. The van der Waals surface area contributed by atoms with Crippen LogP contribution in [-0.4, -0.2) is 19.5 Å². The quantitative estimate of drug-likeness (QED) is 0.906. The number of aryl methyl sites for hydroxylation is 1. The van der Waals surface area contributed by atoms with Gasteiger partial charge >= 0.3 is 0 Å². The van der Waals surface area contributed by atoms with Crippen molar-refractivity contribution in [3.8, 4) is 0 Å². The molecule has 0 heterocycles. The van der Waals surface area contributed by atoms with Crippen molar-refractivity contribution in [3.05, 3.63) is 29.8 Å². The van der Waals surface area contributed by atoms with E-state index >= 15 is 0 Å². The number of hydrogen-bond acceptors (Lipinski definition) is 2. The molecule has 1 rings (SSSR count). The highest BCUT2D eigenvalue weighted by Crippen LogP contribution is 2.27. The number of hydrogen-bond donors (Lipinski definition) is 1. The predicted octanol–water partition coefficient (Wildman–Crippen LogP) is 2.97. The molecule has 3 nitrogen and oxygen atoms in total. The number of carbonyl (C=O) groups excluding carboxylic acids is 1. The molecule has 0 spiro atoms. The van der Waals surface area contributed by atoms with Crippen LogP contribution in [0.2, 0.25) is 0 Å². The Balaban J connectivity index is 2.89. The van der Waals surface area contributed by atoms with Crippen LogP contribution in [0.15, 0.2) is 24.3 Å². The Bertz CT molecular complexity index is 435. The largest absolute Gasteiger partial charge is 0.330 e. The fourth-order valence-corrected chi connectivity index (χ4v) is 2.34. The zero-order chi connectivity index (χ0) is 14.6. The van der Waals surface area contributed by atoms with Crippen LogP contribution in [0, 0.1) is 18.3 Å². The first kappa shape index (κ1) is 15.7. The Labute approximate surface area is 116 Å². The minimum absolute atomic E-state index is 0.103. The summed E-state index contributed by atoms with van der Waals surface area (Å²) in [6.45, 7) is 8.82. The molecule has 2 N–H and O–H groups in total. The molecule has 1 atom stereocenters. The van der Waals surface area contributed by atoms with E-state index in [1.54, 1.807) is 4.90 Å². The van der Waals surface area contributed by atoms with Gasteiger partial charge in [0, 0.05) is 19.3 Å². The normalized spacial score (nSPS) is 13.2. The molecule has 3 heteroatoms. The number of nitrogens with two attached hydrogens (primary N) is 1. The number of anilines is 1. The molecule has 106 valence electrons. The third-order valence-corrected chi connectivity index (χ3v) is 3.30. The van der Waals surface area contributed by atoms with E-state index in [9.17, 15) is 4.79 Å². The molecule has 0 saturated heterocycles. The van der Waals surface area contributed by atoms with Crippen LogP contribution in [0.5, 0.6) is 0 Å². The van der Waals surface area contributed by atoms with Crippen molar-refractivity contribution in [2.45, 2.75) is 34.1 Å². The molecule has 0 fully saturated rings. The van der Waals surface area contributed by atoms with Crippen LogP contribution >= 0.6 is 0 Å². The first-order valence-electron chi connectivity index (χ1n) is 6.79. The summed E-state index contributed by atoms with van der Waals surface area (Å²) in [7, 11) is 1.83. The molecule has 0 aromatic heterocycles. The molecule has 0 saturated carbocycles. The Morgan fingerprint density at radius 3 is 2.37 bits per heavy atom. The highest BCUT2D eigenvalue weighted by atomic mass is 16.2. The van der Waals surface area contributed by atoms with Gasteiger partial charge in [0.1, 0.15) is 0 Å². The van der Waals surface area contributed by atoms with Crippen LogP contribution in [-0.2, 0) is 4.79 Å². The van der Waals surface area contributed by atoms with Crippen molar-refractivity contribution < 1.29 is 4.79 Å². The second-order valence-corrected chi connectivity index (χ2v) is 6.38. The van der Waals surface area contributed by atoms with Crippen LogP contribution < -0.4 is 10.6 Å². The second-order valence-electron chi connectivity index (χ2n) is 6.38. The lowest BCUT2D eigenvalue weighted by Crippen LogP contribution is -2.38. The molecular weight excluding hydrogens is 236 g/mol. The van der Waals surface area contributed by atoms with Gasteiger partial charge in [0.15, 0.2) is 0 Å². The van der Waals surface area contributed by atoms with Crippen molar-refractivity contribution in [1.29, 1.82) is 0 Å². The zero-order valence-corrected chi connectivity index (χ0v) is 12.7.